The Kier molecular flexibility index (Phi) is 6.19. The molecule has 0 bridgehead atoms. The highest BCUT2D eigenvalue weighted by Gasteiger charge is 2.37. The maximum atomic E-state index is 12.3. The summed E-state index contributed by atoms with van der Waals surface area (Å²) in [5.41, 5.74) is 2.66. The number of allylic oxidation sites excluding steroid dienone is 3. The molecular weight excluding hydrogens is 417 g/mol. The molecule has 0 aliphatic carbocycles. The van der Waals surface area contributed by atoms with Gasteiger partial charge in [0, 0.05) is 5.70 Å². The molecule has 7 nitrogen and oxygen atoms in total. The fourth-order valence-corrected chi connectivity index (χ4v) is 3.56. The summed E-state index contributed by atoms with van der Waals surface area (Å²) >= 11 is 12.8. The van der Waals surface area contributed by atoms with Crippen molar-refractivity contribution in [3.8, 4) is 0 Å². The highest BCUT2D eigenvalue weighted by atomic mass is 35.5. The summed E-state index contributed by atoms with van der Waals surface area (Å²) in [5, 5.41) is 7.80. The SMILES string of the molecule is CC1=C(OC(=O)OC(C)C)C(c2cccc(Cl)c2Cl)C(c2nc(C)no2)=C(C)N1. The van der Waals surface area contributed by atoms with Crippen LogP contribution in [0.1, 0.15) is 50.9 Å². The Bertz CT molecular complexity index is 1010. The van der Waals surface area contributed by atoms with Crippen molar-refractivity contribution in [3.05, 3.63) is 62.7 Å². The molecule has 154 valence electrons. The molecule has 1 unspecified atom stereocenters. The minimum Gasteiger partial charge on any atom is -0.431 e. The summed E-state index contributed by atoms with van der Waals surface area (Å²) in [5.74, 6) is 0.474. The molecule has 0 amide bonds. The van der Waals surface area contributed by atoms with E-state index in [9.17, 15) is 4.79 Å². The molecular formula is C20H21Cl2N3O4. The van der Waals surface area contributed by atoms with Crippen molar-refractivity contribution in [3.63, 3.8) is 0 Å². The molecule has 1 N–H and O–H groups in total. The molecule has 1 atom stereocenters. The van der Waals surface area contributed by atoms with Gasteiger partial charge in [-0.05, 0) is 46.2 Å². The minimum atomic E-state index is -0.820. The normalized spacial score (nSPS) is 16.9. The van der Waals surface area contributed by atoms with Gasteiger partial charge in [-0.3, -0.25) is 0 Å². The first kappa shape index (κ1) is 21.2. The number of nitrogens with one attached hydrogen (secondary N) is 1. The molecule has 0 spiro atoms. The van der Waals surface area contributed by atoms with Gasteiger partial charge in [0.2, 0.25) is 0 Å². The minimum absolute atomic E-state index is 0.291. The van der Waals surface area contributed by atoms with E-state index in [1.54, 1.807) is 39.8 Å². The third-order valence-corrected chi connectivity index (χ3v) is 5.11. The predicted octanol–water partition coefficient (Wildman–Crippen LogP) is 5.60. The first-order chi connectivity index (χ1) is 13.7. The Morgan fingerprint density at radius 1 is 1.21 bits per heavy atom. The number of nitrogens with zero attached hydrogens (tertiary/aromatic N) is 2. The molecule has 0 radical (unpaired) electrons. The van der Waals surface area contributed by atoms with Crippen LogP contribution in [-0.4, -0.2) is 22.4 Å². The van der Waals surface area contributed by atoms with Crippen LogP contribution in [0.2, 0.25) is 10.0 Å². The fourth-order valence-electron chi connectivity index (χ4n) is 3.15. The monoisotopic (exact) mass is 437 g/mol. The number of carbonyl (C=O) groups excluding carboxylic acids is 1. The quantitative estimate of drug-likeness (QED) is 0.622. The topological polar surface area (TPSA) is 86.5 Å². The van der Waals surface area contributed by atoms with Crippen LogP contribution in [0.3, 0.4) is 0 Å². The lowest BCUT2D eigenvalue weighted by Gasteiger charge is -2.30. The van der Waals surface area contributed by atoms with Gasteiger partial charge < -0.3 is 19.3 Å². The van der Waals surface area contributed by atoms with Gasteiger partial charge >= 0.3 is 6.16 Å². The van der Waals surface area contributed by atoms with Gasteiger partial charge in [-0.15, -0.1) is 0 Å². The van der Waals surface area contributed by atoms with Gasteiger partial charge in [-0.1, -0.05) is 40.5 Å². The van der Waals surface area contributed by atoms with Gasteiger partial charge in [0.1, 0.15) is 5.76 Å². The molecule has 0 saturated carbocycles. The molecule has 9 heteroatoms. The molecule has 1 aliphatic heterocycles. The third kappa shape index (κ3) is 4.41. The molecule has 3 rings (SSSR count). The van der Waals surface area contributed by atoms with E-state index in [2.05, 4.69) is 15.5 Å². The summed E-state index contributed by atoms with van der Waals surface area (Å²) in [7, 11) is 0. The van der Waals surface area contributed by atoms with Crippen molar-refractivity contribution in [1.82, 2.24) is 15.5 Å². The Morgan fingerprint density at radius 3 is 2.55 bits per heavy atom. The van der Waals surface area contributed by atoms with E-state index < -0.39 is 12.1 Å². The first-order valence-corrected chi connectivity index (χ1v) is 9.76. The van der Waals surface area contributed by atoms with E-state index >= 15 is 0 Å². The highest BCUT2D eigenvalue weighted by molar-refractivity contribution is 6.42. The van der Waals surface area contributed by atoms with Crippen LogP contribution < -0.4 is 5.32 Å². The Morgan fingerprint density at radius 2 is 1.93 bits per heavy atom. The zero-order valence-electron chi connectivity index (χ0n) is 16.7. The van der Waals surface area contributed by atoms with E-state index in [1.165, 1.54) is 0 Å². The average Bonchev–Trinajstić information content (AvgIpc) is 3.05. The van der Waals surface area contributed by atoms with Crippen LogP contribution in [0.5, 0.6) is 0 Å². The summed E-state index contributed by atoms with van der Waals surface area (Å²) < 4.78 is 16.2. The number of ether oxygens (including phenoxy) is 2. The number of benzene rings is 1. The lowest BCUT2D eigenvalue weighted by atomic mass is 9.85. The van der Waals surface area contributed by atoms with E-state index in [4.69, 9.17) is 37.2 Å². The lowest BCUT2D eigenvalue weighted by Crippen LogP contribution is -2.27. The number of aryl methyl sites for hydroxylation is 1. The van der Waals surface area contributed by atoms with Crippen molar-refractivity contribution in [1.29, 1.82) is 0 Å². The van der Waals surface area contributed by atoms with Crippen LogP contribution in [0.4, 0.5) is 4.79 Å². The number of halogens is 2. The maximum absolute atomic E-state index is 12.3. The predicted molar refractivity (Wildman–Crippen MR) is 109 cm³/mol. The lowest BCUT2D eigenvalue weighted by molar-refractivity contribution is 0.0504. The smallest absolute Gasteiger partial charge is 0.431 e. The third-order valence-electron chi connectivity index (χ3n) is 4.28. The summed E-state index contributed by atoms with van der Waals surface area (Å²) in [6, 6.07) is 5.27. The highest BCUT2D eigenvalue weighted by Crippen LogP contribution is 2.46. The summed E-state index contributed by atoms with van der Waals surface area (Å²) in [6.45, 7) is 8.86. The molecule has 1 aliphatic rings. The van der Waals surface area contributed by atoms with Crippen molar-refractivity contribution < 1.29 is 18.8 Å². The van der Waals surface area contributed by atoms with Crippen LogP contribution in [0.25, 0.3) is 5.57 Å². The fraction of sp³-hybridized carbons (Fsp3) is 0.350. The van der Waals surface area contributed by atoms with Crippen molar-refractivity contribution in [2.45, 2.75) is 46.6 Å². The molecule has 0 saturated heterocycles. The number of hydrogen-bond acceptors (Lipinski definition) is 7. The average molecular weight is 438 g/mol. The van der Waals surface area contributed by atoms with Gasteiger partial charge in [-0.25, -0.2) is 4.79 Å². The van der Waals surface area contributed by atoms with E-state index in [0.29, 0.717) is 44.4 Å². The molecule has 2 heterocycles. The molecule has 1 aromatic heterocycles. The van der Waals surface area contributed by atoms with Gasteiger partial charge in [0.05, 0.1) is 33.3 Å². The largest absolute Gasteiger partial charge is 0.513 e. The zero-order chi connectivity index (χ0) is 21.3. The zero-order valence-corrected chi connectivity index (χ0v) is 18.2. The van der Waals surface area contributed by atoms with E-state index in [-0.39, 0.29) is 6.10 Å². The second-order valence-electron chi connectivity index (χ2n) is 6.89. The second-order valence-corrected chi connectivity index (χ2v) is 7.68. The second kappa shape index (κ2) is 8.47. The maximum Gasteiger partial charge on any atom is 0.513 e. The summed E-state index contributed by atoms with van der Waals surface area (Å²) in [6.07, 6.45) is -1.15. The van der Waals surface area contributed by atoms with E-state index in [1.807, 2.05) is 13.0 Å². The molecule has 1 aromatic carbocycles. The molecule has 0 fully saturated rings. The van der Waals surface area contributed by atoms with Crippen molar-refractivity contribution >= 4 is 34.9 Å². The number of rotatable bonds is 4. The Labute approximate surface area is 178 Å². The number of hydrogen-bond donors (Lipinski definition) is 1. The van der Waals surface area contributed by atoms with Crippen LogP contribution in [-0.2, 0) is 9.47 Å². The van der Waals surface area contributed by atoms with Crippen LogP contribution >= 0.6 is 23.2 Å². The number of carbonyl (C=O) groups is 1. The van der Waals surface area contributed by atoms with Gasteiger partial charge in [0.15, 0.2) is 5.82 Å². The van der Waals surface area contributed by atoms with Crippen molar-refractivity contribution in [2.24, 2.45) is 0 Å². The number of aromatic nitrogens is 2. The van der Waals surface area contributed by atoms with Crippen LogP contribution in [0.15, 0.2) is 39.9 Å². The standard InChI is InChI=1S/C20H21Cl2N3O4/c1-9(2)27-20(26)28-18-11(4)23-10(3)15(19-24-12(5)25-29-19)16(18)13-7-6-8-14(21)17(13)22/h6-9,16,23H,1-5H3. The molecule has 29 heavy (non-hydrogen) atoms. The van der Waals surface area contributed by atoms with E-state index in [0.717, 1.165) is 5.70 Å². The first-order valence-electron chi connectivity index (χ1n) is 9.00. The number of dihydropyridines is 1. The summed E-state index contributed by atoms with van der Waals surface area (Å²) in [4.78, 5) is 16.6. The Hall–Kier alpha value is -2.51. The van der Waals surface area contributed by atoms with Crippen molar-refractivity contribution in [2.75, 3.05) is 0 Å². The Balaban J connectivity index is 2.17. The van der Waals surface area contributed by atoms with Gasteiger partial charge in [-0.2, -0.15) is 4.98 Å². The van der Waals surface area contributed by atoms with Gasteiger partial charge in [0.25, 0.3) is 5.89 Å². The van der Waals surface area contributed by atoms with Crippen LogP contribution in [0, 0.1) is 6.92 Å². The molecule has 2 aromatic rings.